The number of halogens is 1. The molecule has 1 atom stereocenters. The maximum Gasteiger partial charge on any atom is 0.225 e. The molecule has 0 aliphatic heterocycles. The van der Waals surface area contributed by atoms with Gasteiger partial charge in [0.2, 0.25) is 5.91 Å². The molecule has 0 spiro atoms. The molecule has 1 amide bonds. The number of hydrogen-bond acceptors (Lipinski definition) is 1. The lowest BCUT2D eigenvalue weighted by Crippen LogP contribution is -2.25. The van der Waals surface area contributed by atoms with Crippen molar-refractivity contribution >= 4 is 21.8 Å². The van der Waals surface area contributed by atoms with E-state index in [-0.39, 0.29) is 17.7 Å². The van der Waals surface area contributed by atoms with Crippen molar-refractivity contribution in [2.75, 3.05) is 0 Å². The van der Waals surface area contributed by atoms with Crippen LogP contribution in [0.2, 0.25) is 0 Å². The van der Waals surface area contributed by atoms with Crippen molar-refractivity contribution in [3.63, 3.8) is 0 Å². The minimum Gasteiger partial charge on any atom is -0.369 e. The van der Waals surface area contributed by atoms with Crippen LogP contribution in [-0.2, 0) is 4.79 Å². The summed E-state index contributed by atoms with van der Waals surface area (Å²) in [6, 6.07) is 7.71. The third-order valence-electron chi connectivity index (χ3n) is 2.20. The number of carbonyl (C=O) groups excluding carboxylic acids is 1. The zero-order chi connectivity index (χ0) is 10.7. The van der Waals surface area contributed by atoms with Gasteiger partial charge in [0.15, 0.2) is 0 Å². The standard InChI is InChI=1S/C11H14BrNO/c1-7(2)10(11(13)14)8-3-5-9(12)6-4-8/h3-7,10H,1-2H3,(H2,13,14)/t10-/m1/s1. The van der Waals surface area contributed by atoms with Gasteiger partial charge in [0.1, 0.15) is 0 Å². The molecule has 2 nitrogen and oxygen atoms in total. The van der Waals surface area contributed by atoms with Gasteiger partial charge in [-0.3, -0.25) is 4.79 Å². The van der Waals surface area contributed by atoms with E-state index in [0.717, 1.165) is 10.0 Å². The van der Waals surface area contributed by atoms with Gasteiger partial charge < -0.3 is 5.73 Å². The van der Waals surface area contributed by atoms with Crippen LogP contribution in [0.3, 0.4) is 0 Å². The first-order chi connectivity index (χ1) is 6.52. The lowest BCUT2D eigenvalue weighted by Gasteiger charge is -2.17. The van der Waals surface area contributed by atoms with E-state index in [9.17, 15) is 4.79 Å². The van der Waals surface area contributed by atoms with Gasteiger partial charge in [-0.25, -0.2) is 0 Å². The Morgan fingerprint density at radius 2 is 1.79 bits per heavy atom. The summed E-state index contributed by atoms with van der Waals surface area (Å²) in [4.78, 5) is 11.2. The van der Waals surface area contributed by atoms with E-state index < -0.39 is 0 Å². The topological polar surface area (TPSA) is 43.1 Å². The van der Waals surface area contributed by atoms with Crippen LogP contribution in [0.25, 0.3) is 0 Å². The van der Waals surface area contributed by atoms with Crippen molar-refractivity contribution in [1.82, 2.24) is 0 Å². The van der Waals surface area contributed by atoms with E-state index in [1.165, 1.54) is 0 Å². The van der Waals surface area contributed by atoms with E-state index in [4.69, 9.17) is 5.73 Å². The highest BCUT2D eigenvalue weighted by molar-refractivity contribution is 9.10. The SMILES string of the molecule is CC(C)[C@@H](C(N)=O)c1ccc(Br)cc1. The molecule has 76 valence electrons. The van der Waals surface area contributed by atoms with Gasteiger partial charge in [-0.15, -0.1) is 0 Å². The maximum absolute atomic E-state index is 11.2. The molecule has 0 aliphatic rings. The molecule has 1 rings (SSSR count). The molecular weight excluding hydrogens is 242 g/mol. The fraction of sp³-hybridized carbons (Fsp3) is 0.364. The van der Waals surface area contributed by atoms with E-state index in [2.05, 4.69) is 15.9 Å². The van der Waals surface area contributed by atoms with E-state index in [1.807, 2.05) is 38.1 Å². The Labute approximate surface area is 92.6 Å². The Hall–Kier alpha value is -0.830. The van der Waals surface area contributed by atoms with E-state index in [1.54, 1.807) is 0 Å². The Morgan fingerprint density at radius 3 is 2.14 bits per heavy atom. The van der Waals surface area contributed by atoms with Gasteiger partial charge in [0.25, 0.3) is 0 Å². The summed E-state index contributed by atoms with van der Waals surface area (Å²) in [6.45, 7) is 3.99. The first-order valence-corrected chi connectivity index (χ1v) is 5.36. The summed E-state index contributed by atoms with van der Waals surface area (Å²) in [5.41, 5.74) is 6.34. The Bertz CT molecular complexity index is 319. The zero-order valence-electron chi connectivity index (χ0n) is 8.33. The molecular formula is C11H14BrNO. The number of hydrogen-bond donors (Lipinski definition) is 1. The van der Waals surface area contributed by atoms with E-state index in [0.29, 0.717) is 0 Å². The summed E-state index contributed by atoms with van der Waals surface area (Å²) < 4.78 is 1.01. The summed E-state index contributed by atoms with van der Waals surface area (Å²) in [5.74, 6) is -0.223. The minimum absolute atomic E-state index is 0.192. The molecule has 1 aromatic carbocycles. The van der Waals surface area contributed by atoms with Crippen molar-refractivity contribution in [2.45, 2.75) is 19.8 Å². The van der Waals surface area contributed by atoms with Crippen molar-refractivity contribution in [2.24, 2.45) is 11.7 Å². The molecule has 1 aromatic rings. The molecule has 0 radical (unpaired) electrons. The molecule has 0 saturated heterocycles. The molecule has 0 aliphatic carbocycles. The number of amides is 1. The highest BCUT2D eigenvalue weighted by Gasteiger charge is 2.21. The fourth-order valence-corrected chi connectivity index (χ4v) is 1.81. The summed E-state index contributed by atoms with van der Waals surface area (Å²) in [6.07, 6.45) is 0. The second-order valence-electron chi connectivity index (χ2n) is 3.68. The van der Waals surface area contributed by atoms with Crippen molar-refractivity contribution in [3.05, 3.63) is 34.3 Å². The minimum atomic E-state index is -0.262. The lowest BCUT2D eigenvalue weighted by atomic mass is 9.88. The second kappa shape index (κ2) is 4.60. The number of carbonyl (C=O) groups is 1. The quantitative estimate of drug-likeness (QED) is 0.887. The second-order valence-corrected chi connectivity index (χ2v) is 4.59. The summed E-state index contributed by atoms with van der Waals surface area (Å²) in [7, 11) is 0. The highest BCUT2D eigenvalue weighted by Crippen LogP contribution is 2.25. The molecule has 0 aromatic heterocycles. The zero-order valence-corrected chi connectivity index (χ0v) is 9.91. The maximum atomic E-state index is 11.2. The number of benzene rings is 1. The first kappa shape index (κ1) is 11.2. The molecule has 14 heavy (non-hydrogen) atoms. The number of rotatable bonds is 3. The highest BCUT2D eigenvalue weighted by atomic mass is 79.9. The van der Waals surface area contributed by atoms with Crippen LogP contribution in [-0.4, -0.2) is 5.91 Å². The first-order valence-electron chi connectivity index (χ1n) is 4.57. The van der Waals surface area contributed by atoms with Crippen LogP contribution < -0.4 is 5.73 Å². The lowest BCUT2D eigenvalue weighted by molar-refractivity contribution is -0.120. The number of nitrogens with two attached hydrogens (primary N) is 1. The Kier molecular flexibility index (Phi) is 3.69. The average Bonchev–Trinajstić information content (AvgIpc) is 2.07. The fourth-order valence-electron chi connectivity index (χ4n) is 1.55. The van der Waals surface area contributed by atoms with Gasteiger partial charge in [-0.2, -0.15) is 0 Å². The molecule has 0 unspecified atom stereocenters. The van der Waals surface area contributed by atoms with Gasteiger partial charge in [0, 0.05) is 4.47 Å². The molecule has 0 bridgehead atoms. The third-order valence-corrected chi connectivity index (χ3v) is 2.73. The average molecular weight is 256 g/mol. The van der Waals surface area contributed by atoms with Crippen LogP contribution in [0, 0.1) is 5.92 Å². The van der Waals surface area contributed by atoms with E-state index >= 15 is 0 Å². The van der Waals surface area contributed by atoms with Gasteiger partial charge in [-0.1, -0.05) is 41.9 Å². The predicted molar refractivity (Wildman–Crippen MR) is 60.9 cm³/mol. The number of primary amides is 1. The van der Waals surface area contributed by atoms with Crippen molar-refractivity contribution in [1.29, 1.82) is 0 Å². The van der Waals surface area contributed by atoms with Gasteiger partial charge in [0.05, 0.1) is 5.92 Å². The molecule has 0 fully saturated rings. The monoisotopic (exact) mass is 255 g/mol. The molecule has 0 saturated carbocycles. The summed E-state index contributed by atoms with van der Waals surface area (Å²) >= 11 is 3.35. The van der Waals surface area contributed by atoms with Crippen LogP contribution in [0.5, 0.6) is 0 Å². The van der Waals surface area contributed by atoms with Crippen molar-refractivity contribution < 1.29 is 4.79 Å². The Morgan fingerprint density at radius 1 is 1.29 bits per heavy atom. The van der Waals surface area contributed by atoms with Gasteiger partial charge in [-0.05, 0) is 23.6 Å². The predicted octanol–water partition coefficient (Wildman–Crippen LogP) is 2.67. The normalized spacial score (nSPS) is 12.9. The van der Waals surface area contributed by atoms with Crippen molar-refractivity contribution in [3.8, 4) is 0 Å². The largest absolute Gasteiger partial charge is 0.369 e. The Balaban J connectivity index is 3.00. The van der Waals surface area contributed by atoms with Gasteiger partial charge >= 0.3 is 0 Å². The summed E-state index contributed by atoms with van der Waals surface area (Å²) in [5, 5.41) is 0. The van der Waals surface area contributed by atoms with Crippen LogP contribution in [0.15, 0.2) is 28.7 Å². The van der Waals surface area contributed by atoms with Crippen LogP contribution in [0.4, 0.5) is 0 Å². The third kappa shape index (κ3) is 2.58. The molecule has 3 heteroatoms. The van der Waals surface area contributed by atoms with Crippen LogP contribution in [0.1, 0.15) is 25.3 Å². The van der Waals surface area contributed by atoms with Crippen LogP contribution >= 0.6 is 15.9 Å². The molecule has 2 N–H and O–H groups in total. The smallest absolute Gasteiger partial charge is 0.225 e. The molecule has 0 heterocycles.